The predicted molar refractivity (Wildman–Crippen MR) is 105 cm³/mol. The molecule has 0 aliphatic rings. The summed E-state index contributed by atoms with van der Waals surface area (Å²) in [5.41, 5.74) is 1.13. The van der Waals surface area contributed by atoms with Crippen LogP contribution in [0.5, 0.6) is 0 Å². The molecule has 2 N–H and O–H groups in total. The van der Waals surface area contributed by atoms with Gasteiger partial charge in [0.2, 0.25) is 5.95 Å². The molecule has 1 aromatic carbocycles. The number of pyridine rings is 1. The fourth-order valence-electron chi connectivity index (χ4n) is 2.46. The van der Waals surface area contributed by atoms with Gasteiger partial charge in [0.25, 0.3) is 5.69 Å². The number of benzene rings is 1. The van der Waals surface area contributed by atoms with Gasteiger partial charge in [-0.3, -0.25) is 15.1 Å². The summed E-state index contributed by atoms with van der Waals surface area (Å²) in [6, 6.07) is 8.76. The first-order valence-corrected chi connectivity index (χ1v) is 8.73. The highest BCUT2D eigenvalue weighted by molar-refractivity contribution is 5.71. The minimum Gasteiger partial charge on any atom is -0.352 e. The predicted octanol–water partition coefficient (Wildman–Crippen LogP) is 4.54. The number of nitro benzene ring substituents is 1. The second-order valence-corrected chi connectivity index (χ2v) is 6.20. The van der Waals surface area contributed by atoms with Gasteiger partial charge < -0.3 is 10.6 Å². The number of halogens is 1. The Morgan fingerprint density at radius 1 is 1.25 bits per heavy atom. The lowest BCUT2D eigenvalue weighted by Gasteiger charge is -2.14. The van der Waals surface area contributed by atoms with Crippen molar-refractivity contribution >= 4 is 23.1 Å². The summed E-state index contributed by atoms with van der Waals surface area (Å²) in [7, 11) is 0. The molecule has 0 bridgehead atoms. The maximum atomic E-state index is 13.4. The number of anilines is 3. The maximum absolute atomic E-state index is 13.4. The molecule has 144 valence electrons. The van der Waals surface area contributed by atoms with Crippen LogP contribution in [0.1, 0.15) is 20.3 Å². The molecular weight excluding hydrogens is 363 g/mol. The summed E-state index contributed by atoms with van der Waals surface area (Å²) in [6.07, 6.45) is 4.19. The number of hydrogen-bond donors (Lipinski definition) is 2. The van der Waals surface area contributed by atoms with E-state index in [1.807, 2.05) is 19.9 Å². The summed E-state index contributed by atoms with van der Waals surface area (Å²) < 4.78 is 13.4. The lowest BCUT2D eigenvalue weighted by Crippen LogP contribution is -2.16. The van der Waals surface area contributed by atoms with Gasteiger partial charge in [0.15, 0.2) is 0 Å². The summed E-state index contributed by atoms with van der Waals surface area (Å²) >= 11 is 0. The quantitative estimate of drug-likeness (QED) is 0.456. The molecule has 8 nitrogen and oxygen atoms in total. The molecule has 0 saturated heterocycles. The van der Waals surface area contributed by atoms with Crippen molar-refractivity contribution in [3.8, 4) is 11.3 Å². The van der Waals surface area contributed by atoms with Gasteiger partial charge in [-0.2, -0.15) is 4.98 Å². The number of nitrogens with one attached hydrogen (secondary N) is 2. The van der Waals surface area contributed by atoms with Gasteiger partial charge in [0.1, 0.15) is 17.3 Å². The van der Waals surface area contributed by atoms with Gasteiger partial charge in [0.05, 0.1) is 16.7 Å². The van der Waals surface area contributed by atoms with Gasteiger partial charge in [0, 0.05) is 30.1 Å². The van der Waals surface area contributed by atoms with E-state index in [0.29, 0.717) is 17.5 Å². The van der Waals surface area contributed by atoms with Gasteiger partial charge >= 0.3 is 0 Å². The maximum Gasteiger partial charge on any atom is 0.295 e. The third-order valence-corrected chi connectivity index (χ3v) is 4.09. The molecule has 0 amide bonds. The highest BCUT2D eigenvalue weighted by Crippen LogP contribution is 2.29. The zero-order valence-electron chi connectivity index (χ0n) is 15.4. The van der Waals surface area contributed by atoms with Crippen molar-refractivity contribution in [2.75, 3.05) is 10.6 Å². The summed E-state index contributed by atoms with van der Waals surface area (Å²) in [5.74, 6) is 0.0347. The number of rotatable bonds is 7. The van der Waals surface area contributed by atoms with Crippen molar-refractivity contribution in [1.29, 1.82) is 0 Å². The zero-order valence-corrected chi connectivity index (χ0v) is 15.4. The standard InChI is InChI=1S/C19H19FN6O2/c1-3-12(2)22-19-24-16(13-5-4-8-21-11-13)10-18(25-19)23-15-7-6-14(20)9-17(15)26(27)28/h4-12H,3H2,1-2H3,(H2,22,23,24,25)/t12-/m0/s1. The second kappa shape index (κ2) is 8.38. The van der Waals surface area contributed by atoms with E-state index in [-0.39, 0.29) is 17.4 Å². The van der Waals surface area contributed by atoms with Crippen LogP contribution in [-0.4, -0.2) is 25.9 Å². The Kier molecular flexibility index (Phi) is 5.73. The minimum atomic E-state index is -0.685. The Bertz CT molecular complexity index is 983. The largest absolute Gasteiger partial charge is 0.352 e. The Morgan fingerprint density at radius 2 is 2.07 bits per heavy atom. The van der Waals surface area contributed by atoms with Crippen molar-refractivity contribution in [2.24, 2.45) is 0 Å². The van der Waals surface area contributed by atoms with Crippen LogP contribution >= 0.6 is 0 Å². The fraction of sp³-hybridized carbons (Fsp3) is 0.211. The number of aromatic nitrogens is 3. The van der Waals surface area contributed by atoms with E-state index in [1.165, 1.54) is 6.07 Å². The van der Waals surface area contributed by atoms with Gasteiger partial charge in [-0.1, -0.05) is 6.92 Å². The van der Waals surface area contributed by atoms with Crippen LogP contribution in [0.15, 0.2) is 48.8 Å². The van der Waals surface area contributed by atoms with Crippen molar-refractivity contribution in [3.63, 3.8) is 0 Å². The molecule has 0 saturated carbocycles. The normalized spacial score (nSPS) is 11.7. The molecule has 0 aliphatic heterocycles. The van der Waals surface area contributed by atoms with E-state index < -0.39 is 10.7 Å². The van der Waals surface area contributed by atoms with E-state index >= 15 is 0 Å². The average Bonchev–Trinajstić information content (AvgIpc) is 2.69. The van der Waals surface area contributed by atoms with E-state index in [2.05, 4.69) is 25.6 Å². The summed E-state index contributed by atoms with van der Waals surface area (Å²) in [4.78, 5) is 23.6. The zero-order chi connectivity index (χ0) is 20.1. The number of nitrogens with zero attached hydrogens (tertiary/aromatic N) is 4. The fourth-order valence-corrected chi connectivity index (χ4v) is 2.46. The monoisotopic (exact) mass is 382 g/mol. The van der Waals surface area contributed by atoms with Crippen LogP contribution in [0.3, 0.4) is 0 Å². The molecule has 2 aromatic heterocycles. The summed E-state index contributed by atoms with van der Waals surface area (Å²) in [5, 5.41) is 17.4. The van der Waals surface area contributed by atoms with Crippen LogP contribution in [0, 0.1) is 15.9 Å². The van der Waals surface area contributed by atoms with Crippen LogP contribution in [0.4, 0.5) is 27.5 Å². The molecule has 0 aliphatic carbocycles. The Morgan fingerprint density at radius 3 is 2.75 bits per heavy atom. The van der Waals surface area contributed by atoms with Gasteiger partial charge in [-0.15, -0.1) is 0 Å². The highest BCUT2D eigenvalue weighted by atomic mass is 19.1. The van der Waals surface area contributed by atoms with E-state index in [9.17, 15) is 14.5 Å². The van der Waals surface area contributed by atoms with Crippen LogP contribution in [0.2, 0.25) is 0 Å². The lowest BCUT2D eigenvalue weighted by atomic mass is 10.2. The molecule has 3 rings (SSSR count). The Labute approximate surface area is 161 Å². The number of hydrogen-bond acceptors (Lipinski definition) is 7. The van der Waals surface area contributed by atoms with Crippen LogP contribution in [0.25, 0.3) is 11.3 Å². The van der Waals surface area contributed by atoms with E-state index in [4.69, 9.17) is 0 Å². The molecule has 0 radical (unpaired) electrons. The van der Waals surface area contributed by atoms with Gasteiger partial charge in [-0.05, 0) is 37.6 Å². The SMILES string of the molecule is CC[C@H](C)Nc1nc(Nc2ccc(F)cc2[N+](=O)[O-])cc(-c2cccnc2)n1. The molecule has 9 heteroatoms. The third kappa shape index (κ3) is 4.56. The summed E-state index contributed by atoms with van der Waals surface area (Å²) in [6.45, 7) is 4.03. The van der Waals surface area contributed by atoms with Crippen molar-refractivity contribution in [2.45, 2.75) is 26.3 Å². The molecule has 1 atom stereocenters. The smallest absolute Gasteiger partial charge is 0.295 e. The molecule has 3 aromatic rings. The first-order valence-electron chi connectivity index (χ1n) is 8.73. The molecule has 0 spiro atoms. The third-order valence-electron chi connectivity index (χ3n) is 4.09. The first-order chi connectivity index (χ1) is 13.5. The molecule has 2 heterocycles. The van der Waals surface area contributed by atoms with E-state index in [1.54, 1.807) is 24.5 Å². The topological polar surface area (TPSA) is 106 Å². The molecule has 0 unspecified atom stereocenters. The van der Waals surface area contributed by atoms with Crippen molar-refractivity contribution < 1.29 is 9.31 Å². The van der Waals surface area contributed by atoms with Crippen molar-refractivity contribution in [3.05, 3.63) is 64.7 Å². The first kappa shape index (κ1) is 19.2. The van der Waals surface area contributed by atoms with Crippen LogP contribution in [-0.2, 0) is 0 Å². The van der Waals surface area contributed by atoms with Gasteiger partial charge in [-0.25, -0.2) is 9.37 Å². The second-order valence-electron chi connectivity index (χ2n) is 6.20. The molecule has 28 heavy (non-hydrogen) atoms. The molecule has 0 fully saturated rings. The minimum absolute atomic E-state index is 0.136. The number of nitro groups is 1. The average molecular weight is 382 g/mol. The molecular formula is C19H19FN6O2. The van der Waals surface area contributed by atoms with E-state index in [0.717, 1.165) is 24.1 Å². The Hall–Kier alpha value is -3.62. The van der Waals surface area contributed by atoms with Crippen LogP contribution < -0.4 is 10.6 Å². The highest BCUT2D eigenvalue weighted by Gasteiger charge is 2.17. The Balaban J connectivity index is 2.03. The van der Waals surface area contributed by atoms with Crippen molar-refractivity contribution in [1.82, 2.24) is 15.0 Å². The lowest BCUT2D eigenvalue weighted by molar-refractivity contribution is -0.384.